The van der Waals surface area contributed by atoms with Gasteiger partial charge in [-0.3, -0.25) is 14.4 Å². The van der Waals surface area contributed by atoms with Crippen molar-refractivity contribution < 1.29 is 14.4 Å². The maximum Gasteiger partial charge on any atom is 0.237 e. The summed E-state index contributed by atoms with van der Waals surface area (Å²) in [6, 6.07) is 5.11. The number of amides is 3. The fraction of sp³-hybridized carbons (Fsp3) is 0.308. The van der Waals surface area contributed by atoms with Crippen LogP contribution in [0.2, 0.25) is 10.0 Å². The topological polar surface area (TPSA) is 106 Å². The number of nitrogens with zero attached hydrogens (tertiary/aromatic N) is 1. The Labute approximate surface area is 132 Å². The van der Waals surface area contributed by atoms with Crippen molar-refractivity contribution in [2.45, 2.75) is 12.8 Å². The van der Waals surface area contributed by atoms with Gasteiger partial charge in [-0.2, -0.15) is 0 Å². The van der Waals surface area contributed by atoms with Crippen LogP contribution in [-0.2, 0) is 20.8 Å². The second-order valence-corrected chi connectivity index (χ2v) is 5.18. The highest BCUT2D eigenvalue weighted by Gasteiger charge is 2.18. The second kappa shape index (κ2) is 7.85. The van der Waals surface area contributed by atoms with Crippen molar-refractivity contribution in [1.82, 2.24) is 4.90 Å². The molecule has 0 aromatic heterocycles. The van der Waals surface area contributed by atoms with Gasteiger partial charge in [-0.05, 0) is 18.1 Å². The van der Waals surface area contributed by atoms with Crippen LogP contribution in [0.15, 0.2) is 18.2 Å². The Morgan fingerprint density at radius 2 is 1.62 bits per heavy atom. The Bertz CT molecular complexity index is 548. The van der Waals surface area contributed by atoms with Gasteiger partial charge in [-0.1, -0.05) is 35.3 Å². The molecule has 0 bridgehead atoms. The van der Waals surface area contributed by atoms with Gasteiger partial charge in [0.15, 0.2) is 0 Å². The minimum atomic E-state index is -0.717. The van der Waals surface area contributed by atoms with E-state index in [4.69, 9.17) is 34.7 Å². The SMILES string of the molecule is NC(=O)CN(CC(N)=O)C(=O)CCc1cccc(Cl)c1Cl. The van der Waals surface area contributed by atoms with E-state index >= 15 is 0 Å². The van der Waals surface area contributed by atoms with Crippen LogP contribution in [0.4, 0.5) is 0 Å². The molecule has 4 N–H and O–H groups in total. The second-order valence-electron chi connectivity index (χ2n) is 4.40. The average Bonchev–Trinajstić information content (AvgIpc) is 2.38. The highest BCUT2D eigenvalue weighted by Crippen LogP contribution is 2.26. The highest BCUT2D eigenvalue weighted by atomic mass is 35.5. The lowest BCUT2D eigenvalue weighted by molar-refractivity contribution is -0.138. The van der Waals surface area contributed by atoms with Crippen LogP contribution in [-0.4, -0.2) is 35.7 Å². The summed E-state index contributed by atoms with van der Waals surface area (Å²) in [6.07, 6.45) is 0.382. The lowest BCUT2D eigenvalue weighted by atomic mass is 10.1. The first-order valence-corrected chi connectivity index (χ1v) is 6.84. The molecule has 0 spiro atoms. The molecule has 8 heteroatoms. The zero-order valence-corrected chi connectivity index (χ0v) is 12.7. The Morgan fingerprint density at radius 3 is 2.14 bits per heavy atom. The van der Waals surface area contributed by atoms with Crippen LogP contribution in [0.5, 0.6) is 0 Å². The first-order chi connectivity index (χ1) is 9.81. The van der Waals surface area contributed by atoms with E-state index in [-0.39, 0.29) is 19.5 Å². The Kier molecular flexibility index (Phi) is 6.45. The van der Waals surface area contributed by atoms with Gasteiger partial charge in [0.2, 0.25) is 17.7 Å². The number of benzene rings is 1. The van der Waals surface area contributed by atoms with E-state index in [1.807, 2.05) is 0 Å². The first kappa shape index (κ1) is 17.3. The number of hydrogen-bond acceptors (Lipinski definition) is 3. The lowest BCUT2D eigenvalue weighted by Gasteiger charge is -2.19. The maximum absolute atomic E-state index is 12.0. The zero-order valence-electron chi connectivity index (χ0n) is 11.1. The summed E-state index contributed by atoms with van der Waals surface area (Å²) in [6.45, 7) is -0.712. The highest BCUT2D eigenvalue weighted by molar-refractivity contribution is 6.42. The summed E-state index contributed by atoms with van der Waals surface area (Å²) < 4.78 is 0. The molecule has 0 aliphatic heterocycles. The van der Waals surface area contributed by atoms with E-state index in [9.17, 15) is 14.4 Å². The van der Waals surface area contributed by atoms with Gasteiger partial charge in [0.05, 0.1) is 23.1 Å². The maximum atomic E-state index is 12.0. The number of carbonyl (C=O) groups is 3. The Balaban J connectivity index is 2.70. The van der Waals surface area contributed by atoms with Crippen molar-refractivity contribution in [3.63, 3.8) is 0 Å². The fourth-order valence-electron chi connectivity index (χ4n) is 1.75. The monoisotopic (exact) mass is 331 g/mol. The molecule has 1 aromatic rings. The van der Waals surface area contributed by atoms with E-state index < -0.39 is 17.7 Å². The van der Waals surface area contributed by atoms with Crippen molar-refractivity contribution in [3.05, 3.63) is 33.8 Å². The smallest absolute Gasteiger partial charge is 0.237 e. The number of primary amides is 2. The van der Waals surface area contributed by atoms with Gasteiger partial charge in [0, 0.05) is 6.42 Å². The minimum Gasteiger partial charge on any atom is -0.368 e. The molecule has 0 radical (unpaired) electrons. The molecular weight excluding hydrogens is 317 g/mol. The van der Waals surface area contributed by atoms with E-state index in [0.29, 0.717) is 22.0 Å². The van der Waals surface area contributed by atoms with Gasteiger partial charge in [0.25, 0.3) is 0 Å². The molecule has 0 unspecified atom stereocenters. The summed E-state index contributed by atoms with van der Waals surface area (Å²) in [5.41, 5.74) is 10.8. The molecule has 3 amide bonds. The van der Waals surface area contributed by atoms with Crippen LogP contribution in [0.1, 0.15) is 12.0 Å². The Morgan fingerprint density at radius 1 is 1.05 bits per heavy atom. The van der Waals surface area contributed by atoms with Gasteiger partial charge in [0.1, 0.15) is 0 Å². The Hall–Kier alpha value is -1.79. The van der Waals surface area contributed by atoms with Gasteiger partial charge < -0.3 is 16.4 Å². The number of hydrogen-bond donors (Lipinski definition) is 2. The van der Waals surface area contributed by atoms with Crippen LogP contribution in [0, 0.1) is 0 Å². The number of carbonyl (C=O) groups excluding carboxylic acids is 3. The molecule has 0 saturated carbocycles. The predicted molar refractivity (Wildman–Crippen MR) is 79.8 cm³/mol. The molecule has 21 heavy (non-hydrogen) atoms. The third kappa shape index (κ3) is 5.61. The molecule has 0 aliphatic carbocycles. The quantitative estimate of drug-likeness (QED) is 0.768. The zero-order chi connectivity index (χ0) is 16.0. The van der Waals surface area contributed by atoms with Gasteiger partial charge in [-0.25, -0.2) is 0 Å². The molecular formula is C13H15Cl2N3O3. The number of nitrogens with two attached hydrogens (primary N) is 2. The third-order valence-corrected chi connectivity index (χ3v) is 3.54. The number of aryl methyl sites for hydroxylation is 1. The van der Waals surface area contributed by atoms with Crippen molar-refractivity contribution in [3.8, 4) is 0 Å². The molecule has 6 nitrogen and oxygen atoms in total. The summed E-state index contributed by atoms with van der Waals surface area (Å²) in [5.74, 6) is -1.85. The summed E-state index contributed by atoms with van der Waals surface area (Å²) in [4.78, 5) is 34.8. The standard InChI is InChI=1S/C13H15Cl2N3O3/c14-9-3-1-2-8(13(9)15)4-5-12(21)18(6-10(16)19)7-11(17)20/h1-3H,4-7H2,(H2,16,19)(H2,17,20). The van der Waals surface area contributed by atoms with Gasteiger partial charge >= 0.3 is 0 Å². The molecule has 1 aromatic carbocycles. The fourth-order valence-corrected chi connectivity index (χ4v) is 2.16. The molecule has 0 aliphatic rings. The van der Waals surface area contributed by atoms with Crippen LogP contribution < -0.4 is 11.5 Å². The van der Waals surface area contributed by atoms with E-state index in [2.05, 4.69) is 0 Å². The third-order valence-electron chi connectivity index (χ3n) is 2.69. The molecule has 0 heterocycles. The first-order valence-electron chi connectivity index (χ1n) is 6.08. The largest absolute Gasteiger partial charge is 0.368 e. The average molecular weight is 332 g/mol. The van der Waals surface area contributed by atoms with Crippen LogP contribution in [0.3, 0.4) is 0 Å². The minimum absolute atomic E-state index is 0.0562. The molecule has 114 valence electrons. The molecule has 0 fully saturated rings. The number of rotatable bonds is 7. The van der Waals surface area contributed by atoms with Crippen LogP contribution >= 0.6 is 23.2 Å². The summed E-state index contributed by atoms with van der Waals surface area (Å²) in [7, 11) is 0. The summed E-state index contributed by atoms with van der Waals surface area (Å²) in [5, 5.41) is 0.774. The van der Waals surface area contributed by atoms with Crippen LogP contribution in [0.25, 0.3) is 0 Å². The van der Waals surface area contributed by atoms with Crippen molar-refractivity contribution in [2.24, 2.45) is 11.5 Å². The van der Waals surface area contributed by atoms with E-state index in [1.54, 1.807) is 18.2 Å². The van der Waals surface area contributed by atoms with Crippen molar-refractivity contribution >= 4 is 40.9 Å². The lowest BCUT2D eigenvalue weighted by Crippen LogP contribution is -2.43. The van der Waals surface area contributed by atoms with E-state index in [1.165, 1.54) is 0 Å². The molecule has 0 saturated heterocycles. The van der Waals surface area contributed by atoms with Crippen molar-refractivity contribution in [1.29, 1.82) is 0 Å². The number of halogens is 2. The summed E-state index contributed by atoms with van der Waals surface area (Å²) >= 11 is 11.9. The predicted octanol–water partition coefficient (Wildman–Crippen LogP) is 0.725. The molecule has 0 atom stereocenters. The molecule has 1 rings (SSSR count). The van der Waals surface area contributed by atoms with E-state index in [0.717, 1.165) is 4.90 Å². The van der Waals surface area contributed by atoms with Crippen molar-refractivity contribution in [2.75, 3.05) is 13.1 Å². The normalized spacial score (nSPS) is 10.2. The van der Waals surface area contributed by atoms with Gasteiger partial charge in [-0.15, -0.1) is 0 Å².